The SMILES string of the molecule is N[C@@H](C=O)[C@@H](O)CO. The van der Waals surface area contributed by atoms with Crippen molar-refractivity contribution in [3.63, 3.8) is 0 Å². The molecule has 0 radical (unpaired) electrons. The molecule has 0 fully saturated rings. The fraction of sp³-hybridized carbons (Fsp3) is 0.750. The van der Waals surface area contributed by atoms with Crippen molar-refractivity contribution in [1.82, 2.24) is 0 Å². The topological polar surface area (TPSA) is 83.6 Å². The number of hydrogen-bond acceptors (Lipinski definition) is 4. The second-order valence-corrected chi connectivity index (χ2v) is 1.46. The van der Waals surface area contributed by atoms with Crippen molar-refractivity contribution in [3.05, 3.63) is 0 Å². The third kappa shape index (κ3) is 2.02. The van der Waals surface area contributed by atoms with E-state index in [4.69, 9.17) is 15.9 Å². The largest absolute Gasteiger partial charge is 0.394 e. The summed E-state index contributed by atoms with van der Waals surface area (Å²) in [6.45, 7) is -0.472. The van der Waals surface area contributed by atoms with Crippen LogP contribution in [0.2, 0.25) is 0 Å². The van der Waals surface area contributed by atoms with Gasteiger partial charge >= 0.3 is 0 Å². The number of carbonyl (C=O) groups excluding carboxylic acids is 1. The summed E-state index contributed by atoms with van der Waals surface area (Å²) in [5.41, 5.74) is 4.95. The molecule has 0 aromatic carbocycles. The Bertz CT molecular complexity index is 75.7. The van der Waals surface area contributed by atoms with Crippen LogP contribution in [0.15, 0.2) is 0 Å². The van der Waals surface area contributed by atoms with Gasteiger partial charge in [-0.05, 0) is 0 Å². The monoisotopic (exact) mass is 119 g/mol. The molecule has 8 heavy (non-hydrogen) atoms. The molecule has 0 unspecified atom stereocenters. The van der Waals surface area contributed by atoms with E-state index >= 15 is 0 Å². The Balaban J connectivity index is 3.44. The lowest BCUT2D eigenvalue weighted by atomic mass is 10.2. The van der Waals surface area contributed by atoms with E-state index in [1.54, 1.807) is 0 Å². The number of aliphatic hydroxyl groups excluding tert-OH is 2. The normalized spacial score (nSPS) is 17.4. The van der Waals surface area contributed by atoms with Crippen molar-refractivity contribution in [2.24, 2.45) is 5.73 Å². The predicted octanol–water partition coefficient (Wildman–Crippen LogP) is -2.13. The molecule has 2 atom stereocenters. The maximum atomic E-state index is 9.71. The van der Waals surface area contributed by atoms with Gasteiger partial charge in [-0.1, -0.05) is 0 Å². The first-order chi connectivity index (χ1) is 3.72. The molecule has 0 saturated carbocycles. The summed E-state index contributed by atoms with van der Waals surface area (Å²) in [7, 11) is 0. The molecule has 4 nitrogen and oxygen atoms in total. The first kappa shape index (κ1) is 7.55. The van der Waals surface area contributed by atoms with E-state index in [2.05, 4.69) is 0 Å². The van der Waals surface area contributed by atoms with E-state index in [0.717, 1.165) is 0 Å². The van der Waals surface area contributed by atoms with Crippen LogP contribution in [0, 0.1) is 0 Å². The van der Waals surface area contributed by atoms with Crippen LogP contribution in [-0.2, 0) is 4.79 Å². The minimum absolute atomic E-state index is 0.390. The van der Waals surface area contributed by atoms with Gasteiger partial charge < -0.3 is 20.7 Å². The maximum absolute atomic E-state index is 9.71. The highest BCUT2D eigenvalue weighted by Crippen LogP contribution is 1.82. The highest BCUT2D eigenvalue weighted by molar-refractivity contribution is 5.57. The summed E-state index contributed by atoms with van der Waals surface area (Å²) < 4.78 is 0. The molecule has 0 aliphatic rings. The van der Waals surface area contributed by atoms with E-state index in [-0.39, 0.29) is 0 Å². The average Bonchev–Trinajstić information content (AvgIpc) is 1.84. The Labute approximate surface area is 46.9 Å². The van der Waals surface area contributed by atoms with Crippen molar-refractivity contribution < 1.29 is 15.0 Å². The molecule has 0 aliphatic carbocycles. The highest BCUT2D eigenvalue weighted by atomic mass is 16.3. The molecule has 0 rings (SSSR count). The van der Waals surface area contributed by atoms with Gasteiger partial charge in [0.2, 0.25) is 0 Å². The summed E-state index contributed by atoms with van der Waals surface area (Å²) >= 11 is 0. The lowest BCUT2D eigenvalue weighted by molar-refractivity contribution is -0.111. The molecule has 0 spiro atoms. The summed E-state index contributed by atoms with van der Waals surface area (Å²) in [6, 6.07) is -0.958. The van der Waals surface area contributed by atoms with Gasteiger partial charge in [0.05, 0.1) is 18.8 Å². The van der Waals surface area contributed by atoms with Crippen LogP contribution in [-0.4, -0.2) is 35.3 Å². The molecule has 0 heterocycles. The first-order valence-electron chi connectivity index (χ1n) is 2.22. The Morgan fingerprint density at radius 1 is 1.75 bits per heavy atom. The van der Waals surface area contributed by atoms with Crippen molar-refractivity contribution >= 4 is 6.29 Å². The standard InChI is InChI=1S/C4H9NO3/c5-3(1-6)4(8)2-7/h1,3-4,7-8H,2,5H2/t3-,4-/m0/s1. The molecule has 48 valence electrons. The van der Waals surface area contributed by atoms with E-state index in [1.807, 2.05) is 0 Å². The van der Waals surface area contributed by atoms with Gasteiger partial charge in [-0.3, -0.25) is 0 Å². The molecule has 0 saturated heterocycles. The summed E-state index contributed by atoms with van der Waals surface area (Å²) in [6.07, 6.45) is -0.728. The summed E-state index contributed by atoms with van der Waals surface area (Å²) in [4.78, 5) is 9.71. The quantitative estimate of drug-likeness (QED) is 0.370. The van der Waals surface area contributed by atoms with Crippen LogP contribution in [0.5, 0.6) is 0 Å². The number of rotatable bonds is 3. The van der Waals surface area contributed by atoms with Gasteiger partial charge in [-0.2, -0.15) is 0 Å². The van der Waals surface area contributed by atoms with Crippen molar-refractivity contribution in [2.45, 2.75) is 12.1 Å². The van der Waals surface area contributed by atoms with E-state index in [0.29, 0.717) is 6.29 Å². The molecule has 0 bridgehead atoms. The van der Waals surface area contributed by atoms with Crippen molar-refractivity contribution in [1.29, 1.82) is 0 Å². The van der Waals surface area contributed by atoms with Gasteiger partial charge in [-0.25, -0.2) is 0 Å². The second-order valence-electron chi connectivity index (χ2n) is 1.46. The molecular formula is C4H9NO3. The van der Waals surface area contributed by atoms with Crippen LogP contribution >= 0.6 is 0 Å². The van der Waals surface area contributed by atoms with Gasteiger partial charge in [0, 0.05) is 0 Å². The fourth-order valence-electron chi connectivity index (χ4n) is 0.212. The Kier molecular flexibility index (Phi) is 3.34. The minimum atomic E-state index is -1.12. The first-order valence-corrected chi connectivity index (χ1v) is 2.22. The van der Waals surface area contributed by atoms with Gasteiger partial charge in [0.1, 0.15) is 6.29 Å². The molecule has 4 N–H and O–H groups in total. The lowest BCUT2D eigenvalue weighted by Crippen LogP contribution is -2.38. The van der Waals surface area contributed by atoms with Crippen LogP contribution in [0.1, 0.15) is 0 Å². The summed E-state index contributed by atoms with van der Waals surface area (Å²) in [5, 5.41) is 16.7. The summed E-state index contributed by atoms with van der Waals surface area (Å²) in [5.74, 6) is 0. The average molecular weight is 119 g/mol. The zero-order valence-electron chi connectivity index (χ0n) is 4.32. The molecule has 4 heteroatoms. The smallest absolute Gasteiger partial charge is 0.139 e. The van der Waals surface area contributed by atoms with Crippen LogP contribution in [0.4, 0.5) is 0 Å². The number of aldehydes is 1. The fourth-order valence-corrected chi connectivity index (χ4v) is 0.212. The Hall–Kier alpha value is -0.450. The van der Waals surface area contributed by atoms with E-state index < -0.39 is 18.8 Å². The molecule has 0 amide bonds. The van der Waals surface area contributed by atoms with E-state index in [9.17, 15) is 4.79 Å². The molecule has 0 aromatic rings. The molecule has 0 aromatic heterocycles. The van der Waals surface area contributed by atoms with Crippen LogP contribution in [0.25, 0.3) is 0 Å². The van der Waals surface area contributed by atoms with Crippen molar-refractivity contribution in [2.75, 3.05) is 6.61 Å². The maximum Gasteiger partial charge on any atom is 0.139 e. The zero-order valence-corrected chi connectivity index (χ0v) is 4.32. The van der Waals surface area contributed by atoms with Crippen molar-refractivity contribution in [3.8, 4) is 0 Å². The highest BCUT2D eigenvalue weighted by Gasteiger charge is 2.10. The molecule has 0 aliphatic heterocycles. The lowest BCUT2D eigenvalue weighted by Gasteiger charge is -2.07. The number of aliphatic hydroxyl groups is 2. The Morgan fingerprint density at radius 3 is 2.38 bits per heavy atom. The zero-order chi connectivity index (χ0) is 6.57. The second kappa shape index (κ2) is 3.54. The third-order valence-electron chi connectivity index (χ3n) is 0.788. The minimum Gasteiger partial charge on any atom is -0.394 e. The number of nitrogens with two attached hydrogens (primary N) is 1. The number of carbonyl (C=O) groups is 1. The van der Waals surface area contributed by atoms with E-state index in [1.165, 1.54) is 0 Å². The van der Waals surface area contributed by atoms with Crippen LogP contribution < -0.4 is 5.73 Å². The predicted molar refractivity (Wildman–Crippen MR) is 27.1 cm³/mol. The molecular weight excluding hydrogens is 110 g/mol. The van der Waals surface area contributed by atoms with Gasteiger partial charge in [-0.15, -0.1) is 0 Å². The number of hydrogen-bond donors (Lipinski definition) is 3. The Morgan fingerprint density at radius 2 is 2.25 bits per heavy atom. The third-order valence-corrected chi connectivity index (χ3v) is 0.788. The van der Waals surface area contributed by atoms with Crippen LogP contribution in [0.3, 0.4) is 0 Å². The van der Waals surface area contributed by atoms with Gasteiger partial charge in [0.25, 0.3) is 0 Å². The van der Waals surface area contributed by atoms with Gasteiger partial charge in [0.15, 0.2) is 0 Å².